The zero-order valence-electron chi connectivity index (χ0n) is 7.76. The van der Waals surface area contributed by atoms with Gasteiger partial charge in [0.15, 0.2) is 0 Å². The van der Waals surface area contributed by atoms with Crippen LogP contribution >= 0.6 is 0 Å². The summed E-state index contributed by atoms with van der Waals surface area (Å²) in [5.74, 6) is 0.495. The predicted octanol–water partition coefficient (Wildman–Crippen LogP) is 1.73. The second-order valence-corrected chi connectivity index (χ2v) is 3.15. The summed E-state index contributed by atoms with van der Waals surface area (Å²) in [6, 6.07) is 0.0662. The van der Waals surface area contributed by atoms with Crippen molar-refractivity contribution in [2.45, 2.75) is 46.1 Å². The lowest BCUT2D eigenvalue weighted by molar-refractivity contribution is -0.122. The van der Waals surface area contributed by atoms with Crippen LogP contribution in [0.3, 0.4) is 0 Å². The van der Waals surface area contributed by atoms with Crippen LogP contribution in [0.5, 0.6) is 0 Å². The van der Waals surface area contributed by atoms with Crippen LogP contribution < -0.4 is 5.73 Å². The van der Waals surface area contributed by atoms with Gasteiger partial charge in [-0.3, -0.25) is 4.79 Å². The molecule has 0 bridgehead atoms. The average molecular weight is 157 g/mol. The van der Waals surface area contributed by atoms with Gasteiger partial charge in [0.1, 0.15) is 5.78 Å². The van der Waals surface area contributed by atoms with E-state index in [4.69, 9.17) is 5.73 Å². The molecular formula is C9H19NO. The van der Waals surface area contributed by atoms with Crippen molar-refractivity contribution < 1.29 is 4.79 Å². The van der Waals surface area contributed by atoms with Gasteiger partial charge in [-0.2, -0.15) is 0 Å². The van der Waals surface area contributed by atoms with Crippen molar-refractivity contribution in [1.29, 1.82) is 0 Å². The van der Waals surface area contributed by atoms with Gasteiger partial charge < -0.3 is 5.73 Å². The zero-order chi connectivity index (χ0) is 8.85. The Bertz CT molecular complexity index is 123. The number of carbonyl (C=O) groups is 1. The topological polar surface area (TPSA) is 43.1 Å². The molecule has 0 saturated heterocycles. The summed E-state index contributed by atoms with van der Waals surface area (Å²) in [6.07, 6.45) is 2.36. The molecule has 2 atom stereocenters. The Labute approximate surface area is 69.2 Å². The molecule has 0 aliphatic carbocycles. The normalized spacial score (nSPS) is 16.0. The maximum atomic E-state index is 11.3. The first-order valence-electron chi connectivity index (χ1n) is 4.40. The highest BCUT2D eigenvalue weighted by molar-refractivity contribution is 5.81. The molecule has 0 aromatic heterocycles. The quantitative estimate of drug-likeness (QED) is 0.660. The maximum Gasteiger partial charge on any atom is 0.137 e. The van der Waals surface area contributed by atoms with Crippen LogP contribution in [0.2, 0.25) is 0 Å². The van der Waals surface area contributed by atoms with Crippen LogP contribution in [0.4, 0.5) is 0 Å². The van der Waals surface area contributed by atoms with Gasteiger partial charge in [0, 0.05) is 18.4 Å². The van der Waals surface area contributed by atoms with Crippen LogP contribution in [0, 0.1) is 5.92 Å². The van der Waals surface area contributed by atoms with Gasteiger partial charge in [-0.05, 0) is 12.8 Å². The Hall–Kier alpha value is -0.370. The van der Waals surface area contributed by atoms with Crippen LogP contribution in [-0.2, 0) is 4.79 Å². The molecule has 2 heteroatoms. The number of carbonyl (C=O) groups excluding carboxylic acids is 1. The lowest BCUT2D eigenvalue weighted by atomic mass is 9.97. The van der Waals surface area contributed by atoms with Crippen molar-refractivity contribution in [1.82, 2.24) is 0 Å². The largest absolute Gasteiger partial charge is 0.327 e. The van der Waals surface area contributed by atoms with Crippen LogP contribution in [0.1, 0.15) is 40.0 Å². The number of ketones is 1. The molecule has 0 aromatic rings. The smallest absolute Gasteiger partial charge is 0.137 e. The van der Waals surface area contributed by atoms with Gasteiger partial charge in [-0.15, -0.1) is 0 Å². The SMILES string of the molecule is CCC(N)CC(=O)C(C)CC. The average Bonchev–Trinajstić information content (AvgIpc) is 2.02. The third-order valence-electron chi connectivity index (χ3n) is 2.15. The molecule has 0 heterocycles. The summed E-state index contributed by atoms with van der Waals surface area (Å²) >= 11 is 0. The number of nitrogens with two attached hydrogens (primary N) is 1. The predicted molar refractivity (Wildman–Crippen MR) is 47.3 cm³/mol. The summed E-state index contributed by atoms with van der Waals surface area (Å²) in [7, 11) is 0. The molecule has 66 valence electrons. The fourth-order valence-electron chi connectivity index (χ4n) is 0.832. The lowest BCUT2D eigenvalue weighted by Gasteiger charge is -2.10. The Morgan fingerprint density at radius 3 is 2.27 bits per heavy atom. The van der Waals surface area contributed by atoms with Gasteiger partial charge in [0.25, 0.3) is 0 Å². The van der Waals surface area contributed by atoms with E-state index in [1.54, 1.807) is 0 Å². The molecule has 0 aliphatic heterocycles. The van der Waals surface area contributed by atoms with Crippen LogP contribution in [0.25, 0.3) is 0 Å². The van der Waals surface area contributed by atoms with Crippen molar-refractivity contribution in [2.75, 3.05) is 0 Å². The van der Waals surface area contributed by atoms with Crippen molar-refractivity contribution in [2.24, 2.45) is 11.7 Å². The molecule has 0 radical (unpaired) electrons. The first-order valence-corrected chi connectivity index (χ1v) is 4.40. The Balaban J connectivity index is 3.68. The fourth-order valence-corrected chi connectivity index (χ4v) is 0.832. The van der Waals surface area contributed by atoms with Crippen molar-refractivity contribution in [3.63, 3.8) is 0 Å². The molecule has 2 nitrogen and oxygen atoms in total. The second kappa shape index (κ2) is 5.30. The minimum Gasteiger partial charge on any atom is -0.327 e. The molecule has 0 aromatic carbocycles. The van der Waals surface area contributed by atoms with E-state index in [-0.39, 0.29) is 12.0 Å². The standard InChI is InChI=1S/C9H19NO/c1-4-7(3)9(11)6-8(10)5-2/h7-8H,4-6,10H2,1-3H3. The molecule has 0 spiro atoms. The molecule has 2 unspecified atom stereocenters. The summed E-state index contributed by atoms with van der Waals surface area (Å²) in [6.45, 7) is 6.00. The summed E-state index contributed by atoms with van der Waals surface area (Å²) < 4.78 is 0. The third kappa shape index (κ3) is 4.14. The molecule has 0 saturated carbocycles. The Kier molecular flexibility index (Phi) is 5.12. The van der Waals surface area contributed by atoms with Crippen molar-refractivity contribution >= 4 is 5.78 Å². The minimum atomic E-state index is 0.0662. The molecular weight excluding hydrogens is 138 g/mol. The number of hydrogen-bond acceptors (Lipinski definition) is 2. The Morgan fingerprint density at radius 1 is 1.36 bits per heavy atom. The Morgan fingerprint density at radius 2 is 1.91 bits per heavy atom. The van der Waals surface area contributed by atoms with Crippen molar-refractivity contribution in [3.05, 3.63) is 0 Å². The first-order chi connectivity index (χ1) is 5.11. The zero-order valence-corrected chi connectivity index (χ0v) is 7.76. The lowest BCUT2D eigenvalue weighted by Crippen LogP contribution is -2.25. The van der Waals surface area contributed by atoms with E-state index in [2.05, 4.69) is 0 Å². The van der Waals surface area contributed by atoms with E-state index >= 15 is 0 Å². The van der Waals surface area contributed by atoms with E-state index in [9.17, 15) is 4.79 Å². The van der Waals surface area contributed by atoms with Gasteiger partial charge in [0.05, 0.1) is 0 Å². The maximum absolute atomic E-state index is 11.3. The van der Waals surface area contributed by atoms with E-state index in [1.807, 2.05) is 20.8 Å². The van der Waals surface area contributed by atoms with Crippen LogP contribution in [-0.4, -0.2) is 11.8 Å². The highest BCUT2D eigenvalue weighted by Crippen LogP contribution is 2.07. The number of hydrogen-bond donors (Lipinski definition) is 1. The summed E-state index contributed by atoms with van der Waals surface area (Å²) in [4.78, 5) is 11.3. The van der Waals surface area contributed by atoms with Gasteiger partial charge in [0.2, 0.25) is 0 Å². The summed E-state index contributed by atoms with van der Waals surface area (Å²) in [5.41, 5.74) is 5.65. The second-order valence-electron chi connectivity index (χ2n) is 3.15. The molecule has 0 amide bonds. The number of rotatable bonds is 5. The molecule has 0 fully saturated rings. The van der Waals surface area contributed by atoms with Gasteiger partial charge >= 0.3 is 0 Å². The molecule has 2 N–H and O–H groups in total. The van der Waals surface area contributed by atoms with Gasteiger partial charge in [-0.25, -0.2) is 0 Å². The monoisotopic (exact) mass is 157 g/mol. The van der Waals surface area contributed by atoms with Crippen molar-refractivity contribution in [3.8, 4) is 0 Å². The van der Waals surface area contributed by atoms with E-state index < -0.39 is 0 Å². The first kappa shape index (κ1) is 10.6. The van der Waals surface area contributed by atoms with Gasteiger partial charge in [-0.1, -0.05) is 20.8 Å². The van der Waals surface area contributed by atoms with E-state index in [1.165, 1.54) is 0 Å². The fraction of sp³-hybridized carbons (Fsp3) is 0.889. The van der Waals surface area contributed by atoms with E-state index in [0.29, 0.717) is 12.2 Å². The molecule has 11 heavy (non-hydrogen) atoms. The highest BCUT2D eigenvalue weighted by atomic mass is 16.1. The minimum absolute atomic E-state index is 0.0662. The van der Waals surface area contributed by atoms with E-state index in [0.717, 1.165) is 12.8 Å². The summed E-state index contributed by atoms with van der Waals surface area (Å²) in [5, 5.41) is 0. The third-order valence-corrected chi connectivity index (χ3v) is 2.15. The molecule has 0 rings (SSSR count). The van der Waals surface area contributed by atoms with Crippen LogP contribution in [0.15, 0.2) is 0 Å². The molecule has 0 aliphatic rings. The highest BCUT2D eigenvalue weighted by Gasteiger charge is 2.13. The number of Topliss-reactive ketones (excluding diaryl/α,β-unsaturated/α-hetero) is 1.